The van der Waals surface area contributed by atoms with Crippen molar-refractivity contribution in [1.29, 1.82) is 0 Å². The van der Waals surface area contributed by atoms with Gasteiger partial charge in [0.1, 0.15) is 0 Å². The molecule has 2 aromatic carbocycles. The molecule has 0 amide bonds. The first kappa shape index (κ1) is 13.3. The number of aryl methyl sites for hydroxylation is 2. The zero-order valence-corrected chi connectivity index (χ0v) is 12.5. The van der Waals surface area contributed by atoms with Crippen LogP contribution in [0.25, 0.3) is 10.1 Å². The first-order valence-corrected chi connectivity index (χ1v) is 7.57. The van der Waals surface area contributed by atoms with Crippen molar-refractivity contribution in [2.75, 3.05) is 0 Å². The van der Waals surface area contributed by atoms with Crippen LogP contribution in [0.5, 0.6) is 0 Å². The molecule has 0 radical (unpaired) electrons. The van der Waals surface area contributed by atoms with Crippen LogP contribution in [0, 0.1) is 13.8 Å². The largest absolute Gasteiger partial charge is 0.271 e. The van der Waals surface area contributed by atoms with Gasteiger partial charge < -0.3 is 0 Å². The molecule has 20 heavy (non-hydrogen) atoms. The number of fused-ring (bicyclic) bond motifs is 1. The van der Waals surface area contributed by atoms with E-state index >= 15 is 0 Å². The quantitative estimate of drug-likeness (QED) is 0.561. The van der Waals surface area contributed by atoms with Gasteiger partial charge in [0.05, 0.1) is 6.04 Å². The van der Waals surface area contributed by atoms with Crippen LogP contribution in [0.15, 0.2) is 47.8 Å². The maximum atomic E-state index is 5.85. The van der Waals surface area contributed by atoms with Gasteiger partial charge in [-0.05, 0) is 41.8 Å². The SMILES string of the molecule is Cc1cc(C)cc(C(NN)c2cccc3ccsc23)c1. The molecule has 0 fully saturated rings. The number of benzene rings is 2. The van der Waals surface area contributed by atoms with Gasteiger partial charge in [-0.25, -0.2) is 5.43 Å². The predicted molar refractivity (Wildman–Crippen MR) is 86.9 cm³/mol. The molecule has 3 N–H and O–H groups in total. The highest BCUT2D eigenvalue weighted by Crippen LogP contribution is 2.32. The number of rotatable bonds is 3. The fourth-order valence-electron chi connectivity index (χ4n) is 2.79. The molecule has 102 valence electrons. The lowest BCUT2D eigenvalue weighted by Gasteiger charge is -2.19. The maximum absolute atomic E-state index is 5.85. The molecule has 2 nitrogen and oxygen atoms in total. The second-order valence-electron chi connectivity index (χ2n) is 5.21. The van der Waals surface area contributed by atoms with E-state index in [1.807, 2.05) is 0 Å². The van der Waals surface area contributed by atoms with Crippen LogP contribution in [-0.2, 0) is 0 Å². The van der Waals surface area contributed by atoms with Crippen molar-refractivity contribution in [3.63, 3.8) is 0 Å². The average Bonchev–Trinajstić information content (AvgIpc) is 2.87. The first-order chi connectivity index (χ1) is 9.69. The number of hydrazine groups is 1. The molecule has 3 rings (SSSR count). The molecule has 1 aromatic heterocycles. The van der Waals surface area contributed by atoms with Crippen molar-refractivity contribution in [2.45, 2.75) is 19.9 Å². The second kappa shape index (κ2) is 5.37. The molecule has 1 atom stereocenters. The molecule has 1 unspecified atom stereocenters. The summed E-state index contributed by atoms with van der Waals surface area (Å²) in [6, 6.07) is 15.1. The van der Waals surface area contributed by atoms with Gasteiger partial charge in [-0.2, -0.15) is 0 Å². The number of nitrogens with one attached hydrogen (secondary N) is 1. The lowest BCUT2D eigenvalue weighted by molar-refractivity contribution is 0.640. The van der Waals surface area contributed by atoms with Crippen molar-refractivity contribution in [3.05, 3.63) is 70.1 Å². The third-order valence-corrected chi connectivity index (χ3v) is 4.54. The summed E-state index contributed by atoms with van der Waals surface area (Å²) in [6.45, 7) is 4.24. The Hall–Kier alpha value is -1.68. The Morgan fingerprint density at radius 3 is 2.50 bits per heavy atom. The third-order valence-electron chi connectivity index (χ3n) is 3.56. The highest BCUT2D eigenvalue weighted by atomic mass is 32.1. The topological polar surface area (TPSA) is 38.0 Å². The summed E-state index contributed by atoms with van der Waals surface area (Å²) >= 11 is 1.77. The summed E-state index contributed by atoms with van der Waals surface area (Å²) in [5.41, 5.74) is 7.96. The van der Waals surface area contributed by atoms with Gasteiger partial charge in [-0.3, -0.25) is 5.84 Å². The fraction of sp³-hybridized carbons (Fsp3) is 0.176. The minimum Gasteiger partial charge on any atom is -0.271 e. The lowest BCUT2D eigenvalue weighted by atomic mass is 9.95. The van der Waals surface area contributed by atoms with E-state index in [0.29, 0.717) is 0 Å². The molecule has 0 aliphatic carbocycles. The van der Waals surface area contributed by atoms with E-state index in [9.17, 15) is 0 Å². The molecule has 0 bridgehead atoms. The maximum Gasteiger partial charge on any atom is 0.0724 e. The van der Waals surface area contributed by atoms with Crippen molar-refractivity contribution in [2.24, 2.45) is 5.84 Å². The van der Waals surface area contributed by atoms with Crippen molar-refractivity contribution in [1.82, 2.24) is 5.43 Å². The average molecular weight is 282 g/mol. The van der Waals surface area contributed by atoms with Crippen LogP contribution < -0.4 is 11.3 Å². The number of hydrogen-bond donors (Lipinski definition) is 2. The van der Waals surface area contributed by atoms with E-state index < -0.39 is 0 Å². The highest BCUT2D eigenvalue weighted by Gasteiger charge is 2.16. The third kappa shape index (κ3) is 2.36. The summed E-state index contributed by atoms with van der Waals surface area (Å²) in [7, 11) is 0. The Morgan fingerprint density at radius 2 is 1.80 bits per heavy atom. The van der Waals surface area contributed by atoms with Gasteiger partial charge >= 0.3 is 0 Å². The minimum atomic E-state index is 0.0240. The van der Waals surface area contributed by atoms with E-state index in [0.717, 1.165) is 0 Å². The van der Waals surface area contributed by atoms with Crippen molar-refractivity contribution in [3.8, 4) is 0 Å². The van der Waals surface area contributed by atoms with E-state index in [4.69, 9.17) is 5.84 Å². The lowest BCUT2D eigenvalue weighted by Crippen LogP contribution is -2.29. The molecule has 0 saturated heterocycles. The normalized spacial score (nSPS) is 12.8. The van der Waals surface area contributed by atoms with E-state index in [2.05, 4.69) is 67.1 Å². The Balaban J connectivity index is 2.16. The summed E-state index contributed by atoms with van der Waals surface area (Å²) in [6.07, 6.45) is 0. The van der Waals surface area contributed by atoms with Crippen molar-refractivity contribution < 1.29 is 0 Å². The Labute approximate surface area is 123 Å². The van der Waals surface area contributed by atoms with Gasteiger partial charge in [0.25, 0.3) is 0 Å². The van der Waals surface area contributed by atoms with Gasteiger partial charge in [-0.1, -0.05) is 47.5 Å². The molecule has 0 saturated carbocycles. The smallest absolute Gasteiger partial charge is 0.0724 e. The molecule has 3 aromatic rings. The zero-order valence-electron chi connectivity index (χ0n) is 11.7. The first-order valence-electron chi connectivity index (χ1n) is 6.69. The van der Waals surface area contributed by atoms with Gasteiger partial charge in [0.15, 0.2) is 0 Å². The molecule has 0 aliphatic heterocycles. The summed E-state index contributed by atoms with van der Waals surface area (Å²) < 4.78 is 1.30. The summed E-state index contributed by atoms with van der Waals surface area (Å²) in [5.74, 6) is 5.85. The number of hydrogen-bond acceptors (Lipinski definition) is 3. The van der Waals surface area contributed by atoms with E-state index in [-0.39, 0.29) is 6.04 Å². The molecule has 0 spiro atoms. The minimum absolute atomic E-state index is 0.0240. The number of thiophene rings is 1. The molecular weight excluding hydrogens is 264 g/mol. The van der Waals surface area contributed by atoms with E-state index in [1.54, 1.807) is 11.3 Å². The summed E-state index contributed by atoms with van der Waals surface area (Å²) in [5, 5.41) is 3.40. The number of nitrogens with two attached hydrogens (primary N) is 1. The van der Waals surface area contributed by atoms with E-state index in [1.165, 1.54) is 32.3 Å². The molecule has 3 heteroatoms. The van der Waals surface area contributed by atoms with Crippen LogP contribution in [0.2, 0.25) is 0 Å². The van der Waals surface area contributed by atoms with Gasteiger partial charge in [-0.15, -0.1) is 11.3 Å². The monoisotopic (exact) mass is 282 g/mol. The van der Waals surface area contributed by atoms with Crippen LogP contribution in [0.4, 0.5) is 0 Å². The van der Waals surface area contributed by atoms with Crippen LogP contribution in [0.3, 0.4) is 0 Å². The molecular formula is C17H18N2S. The molecule has 0 aliphatic rings. The van der Waals surface area contributed by atoms with Gasteiger partial charge in [0.2, 0.25) is 0 Å². The predicted octanol–water partition coefficient (Wildman–Crippen LogP) is 4.07. The van der Waals surface area contributed by atoms with Crippen LogP contribution in [0.1, 0.15) is 28.3 Å². The van der Waals surface area contributed by atoms with Crippen molar-refractivity contribution >= 4 is 21.4 Å². The van der Waals surface area contributed by atoms with Crippen LogP contribution in [-0.4, -0.2) is 0 Å². The standard InChI is InChI=1S/C17H18N2S/c1-11-8-12(2)10-14(9-11)16(19-18)15-5-3-4-13-6-7-20-17(13)15/h3-10,16,19H,18H2,1-2H3. The Kier molecular flexibility index (Phi) is 3.57. The Morgan fingerprint density at radius 1 is 1.05 bits per heavy atom. The summed E-state index contributed by atoms with van der Waals surface area (Å²) in [4.78, 5) is 0. The second-order valence-corrected chi connectivity index (χ2v) is 6.12. The molecule has 1 heterocycles. The fourth-order valence-corrected chi connectivity index (χ4v) is 3.73. The van der Waals surface area contributed by atoms with Gasteiger partial charge in [0, 0.05) is 4.70 Å². The highest BCUT2D eigenvalue weighted by molar-refractivity contribution is 7.17. The van der Waals surface area contributed by atoms with Crippen LogP contribution >= 0.6 is 11.3 Å². The Bertz CT molecular complexity index is 725. The zero-order chi connectivity index (χ0) is 14.1.